The fourth-order valence-corrected chi connectivity index (χ4v) is 0.849. The fraction of sp³-hybridized carbons (Fsp3) is 1.00. The third-order valence-corrected chi connectivity index (χ3v) is 1.31. The summed E-state index contributed by atoms with van der Waals surface area (Å²) in [5.74, 6) is 0. The van der Waals surface area contributed by atoms with Gasteiger partial charge in [0.25, 0.3) is 0 Å². The van der Waals surface area contributed by atoms with Crippen molar-refractivity contribution in [3.63, 3.8) is 0 Å². The fourth-order valence-electron chi connectivity index (χ4n) is 0.561. The van der Waals surface area contributed by atoms with Crippen molar-refractivity contribution < 1.29 is 4.74 Å². The lowest BCUT2D eigenvalue weighted by atomic mass is 10.4. The van der Waals surface area contributed by atoms with Gasteiger partial charge in [-0.3, -0.25) is 0 Å². The highest BCUT2D eigenvalue weighted by Gasteiger charge is 2.08. The molecule has 1 nitrogen and oxygen atoms in total. The molecule has 1 rings (SSSR count). The first-order valence-electron chi connectivity index (χ1n) is 2.19. The molecule has 1 aliphatic rings. The first kappa shape index (κ1) is 4.47. The van der Waals surface area contributed by atoms with Gasteiger partial charge in [-0.1, -0.05) is 0 Å². The number of thiol groups is 1. The van der Waals surface area contributed by atoms with Crippen LogP contribution in [0.25, 0.3) is 0 Å². The molecule has 0 aliphatic carbocycles. The van der Waals surface area contributed by atoms with Crippen LogP contribution < -0.4 is 0 Å². The molecule has 0 bridgehead atoms. The highest BCUT2D eigenvalue weighted by molar-refractivity contribution is 7.80. The molecule has 0 radical (unpaired) electrons. The molecule has 1 saturated heterocycles. The van der Waals surface area contributed by atoms with E-state index in [9.17, 15) is 0 Å². The number of ether oxygens (including phenoxy) is 1. The van der Waals surface area contributed by atoms with Crippen molar-refractivity contribution >= 4 is 12.6 Å². The zero-order valence-electron chi connectivity index (χ0n) is 3.55. The molecule has 0 aromatic carbocycles. The number of hydrogen-bond donors (Lipinski definition) is 1. The van der Waals surface area contributed by atoms with Crippen molar-refractivity contribution in [2.24, 2.45) is 0 Å². The molecule has 6 heavy (non-hydrogen) atoms. The van der Waals surface area contributed by atoms with Gasteiger partial charge in [0.05, 0.1) is 5.44 Å². The average molecular weight is 104 g/mol. The van der Waals surface area contributed by atoms with Crippen LogP contribution in [-0.4, -0.2) is 12.0 Å². The molecule has 1 aliphatic heterocycles. The van der Waals surface area contributed by atoms with Crippen LogP contribution in [0.3, 0.4) is 0 Å². The Balaban J connectivity index is 2.18. The summed E-state index contributed by atoms with van der Waals surface area (Å²) in [7, 11) is 0. The molecule has 2 heteroatoms. The van der Waals surface area contributed by atoms with E-state index in [4.69, 9.17) is 4.74 Å². The third-order valence-electron chi connectivity index (χ3n) is 0.906. The molecule has 1 atom stereocenters. The molecule has 0 aromatic heterocycles. The minimum absolute atomic E-state index is 0.241. The molecule has 0 N–H and O–H groups in total. The lowest BCUT2D eigenvalue weighted by molar-refractivity contribution is 0.175. The topological polar surface area (TPSA) is 9.23 Å². The average Bonchev–Trinajstić information content (AvgIpc) is 1.86. The lowest BCUT2D eigenvalue weighted by Crippen LogP contribution is -1.90. The molecule has 0 saturated carbocycles. The van der Waals surface area contributed by atoms with E-state index in [0.717, 1.165) is 13.0 Å². The van der Waals surface area contributed by atoms with Crippen LogP contribution in [0.2, 0.25) is 0 Å². The van der Waals surface area contributed by atoms with Crippen LogP contribution in [0.4, 0.5) is 0 Å². The second-order valence-electron chi connectivity index (χ2n) is 1.47. The first-order valence-corrected chi connectivity index (χ1v) is 2.71. The third kappa shape index (κ3) is 0.884. The van der Waals surface area contributed by atoms with E-state index in [1.807, 2.05) is 0 Å². The van der Waals surface area contributed by atoms with Crippen molar-refractivity contribution in [2.45, 2.75) is 18.3 Å². The van der Waals surface area contributed by atoms with E-state index in [2.05, 4.69) is 12.6 Å². The minimum atomic E-state index is 0.241. The second-order valence-corrected chi connectivity index (χ2v) is 2.04. The largest absolute Gasteiger partial charge is 0.368 e. The van der Waals surface area contributed by atoms with Crippen LogP contribution >= 0.6 is 12.6 Å². The summed E-state index contributed by atoms with van der Waals surface area (Å²) in [6.45, 7) is 0.911. The normalized spacial score (nSPS) is 34.5. The van der Waals surface area contributed by atoms with Gasteiger partial charge in [-0.2, -0.15) is 0 Å². The zero-order valence-corrected chi connectivity index (χ0v) is 4.45. The Morgan fingerprint density at radius 3 is 2.67 bits per heavy atom. The van der Waals surface area contributed by atoms with Crippen LogP contribution in [0.15, 0.2) is 0 Å². The number of hydrogen-bond acceptors (Lipinski definition) is 2. The van der Waals surface area contributed by atoms with E-state index < -0.39 is 0 Å². The summed E-state index contributed by atoms with van der Waals surface area (Å²) in [4.78, 5) is 0. The van der Waals surface area contributed by atoms with Crippen molar-refractivity contribution in [1.82, 2.24) is 0 Å². The van der Waals surface area contributed by atoms with Gasteiger partial charge in [0, 0.05) is 6.61 Å². The van der Waals surface area contributed by atoms with Gasteiger partial charge in [-0.25, -0.2) is 0 Å². The van der Waals surface area contributed by atoms with Gasteiger partial charge in [-0.05, 0) is 12.8 Å². The summed E-state index contributed by atoms with van der Waals surface area (Å²) in [5.41, 5.74) is 0.241. The maximum Gasteiger partial charge on any atom is 0.1000 e. The second kappa shape index (κ2) is 1.85. The van der Waals surface area contributed by atoms with Gasteiger partial charge in [0.15, 0.2) is 0 Å². The minimum Gasteiger partial charge on any atom is -0.368 e. The van der Waals surface area contributed by atoms with E-state index >= 15 is 0 Å². The Hall–Kier alpha value is 0.310. The first-order chi connectivity index (χ1) is 2.89. The van der Waals surface area contributed by atoms with E-state index in [0.29, 0.717) is 0 Å². The SMILES string of the molecule is SC1CCCO1. The van der Waals surface area contributed by atoms with Gasteiger partial charge in [-0.15, -0.1) is 12.6 Å². The zero-order chi connectivity index (χ0) is 4.41. The van der Waals surface area contributed by atoms with Crippen molar-refractivity contribution in [3.05, 3.63) is 0 Å². The van der Waals surface area contributed by atoms with Crippen LogP contribution in [0.1, 0.15) is 12.8 Å². The molecule has 1 fully saturated rings. The Morgan fingerprint density at radius 2 is 2.50 bits per heavy atom. The van der Waals surface area contributed by atoms with Crippen molar-refractivity contribution in [2.75, 3.05) is 6.61 Å². The highest BCUT2D eigenvalue weighted by atomic mass is 32.1. The predicted octanol–water partition coefficient (Wildman–Crippen LogP) is 1.05. The molecule has 36 valence electrons. The van der Waals surface area contributed by atoms with E-state index in [-0.39, 0.29) is 5.44 Å². The van der Waals surface area contributed by atoms with Gasteiger partial charge in [0.1, 0.15) is 0 Å². The molecular formula is C4H8OS. The maximum atomic E-state index is 5.02. The molecule has 0 amide bonds. The summed E-state index contributed by atoms with van der Waals surface area (Å²) >= 11 is 4.07. The smallest absolute Gasteiger partial charge is 0.1000 e. The van der Waals surface area contributed by atoms with Crippen molar-refractivity contribution in [3.8, 4) is 0 Å². The Labute approximate surface area is 43.1 Å². The molecular weight excluding hydrogens is 96.1 g/mol. The van der Waals surface area contributed by atoms with Crippen LogP contribution in [0.5, 0.6) is 0 Å². The van der Waals surface area contributed by atoms with E-state index in [1.54, 1.807) is 0 Å². The predicted molar refractivity (Wildman–Crippen MR) is 28.0 cm³/mol. The Kier molecular flexibility index (Phi) is 1.37. The van der Waals surface area contributed by atoms with Gasteiger partial charge in [0.2, 0.25) is 0 Å². The summed E-state index contributed by atoms with van der Waals surface area (Å²) in [5, 5.41) is 0. The maximum absolute atomic E-state index is 5.02. The van der Waals surface area contributed by atoms with Crippen LogP contribution in [-0.2, 0) is 4.74 Å². The lowest BCUT2D eigenvalue weighted by Gasteiger charge is -1.93. The molecule has 1 heterocycles. The summed E-state index contributed by atoms with van der Waals surface area (Å²) in [6.07, 6.45) is 2.32. The standard InChI is InChI=1S/C4H8OS/c6-4-2-1-3-5-4/h4,6H,1-3H2. The Bertz CT molecular complexity index is 40.8. The Morgan fingerprint density at radius 1 is 1.67 bits per heavy atom. The number of rotatable bonds is 0. The highest BCUT2D eigenvalue weighted by Crippen LogP contribution is 2.13. The molecule has 0 spiro atoms. The summed E-state index contributed by atoms with van der Waals surface area (Å²) in [6, 6.07) is 0. The van der Waals surface area contributed by atoms with Gasteiger partial charge < -0.3 is 4.74 Å². The van der Waals surface area contributed by atoms with Gasteiger partial charge >= 0.3 is 0 Å². The monoisotopic (exact) mass is 104 g/mol. The van der Waals surface area contributed by atoms with E-state index in [1.165, 1.54) is 6.42 Å². The molecule has 0 aromatic rings. The quantitative estimate of drug-likeness (QED) is 0.452. The summed E-state index contributed by atoms with van der Waals surface area (Å²) < 4.78 is 5.02. The van der Waals surface area contributed by atoms with Crippen molar-refractivity contribution in [1.29, 1.82) is 0 Å². The van der Waals surface area contributed by atoms with Crippen LogP contribution in [0, 0.1) is 0 Å². The molecule has 1 unspecified atom stereocenters.